The molecule has 2 aliphatic heterocycles. The van der Waals surface area contributed by atoms with Crippen LogP contribution in [0.4, 0.5) is 0 Å². The van der Waals surface area contributed by atoms with E-state index in [9.17, 15) is 0 Å². The molecule has 0 bridgehead atoms. The first-order valence-electron chi connectivity index (χ1n) is 6.30. The van der Waals surface area contributed by atoms with Crippen LogP contribution in [-0.4, -0.2) is 50.3 Å². The second-order valence-electron chi connectivity index (χ2n) is 4.96. The van der Waals surface area contributed by atoms with Crippen molar-refractivity contribution in [3.8, 4) is 0 Å². The Morgan fingerprint density at radius 1 is 1.27 bits per heavy atom. The molecule has 0 aromatic heterocycles. The van der Waals surface area contributed by atoms with Gasteiger partial charge in [-0.3, -0.25) is 0 Å². The van der Waals surface area contributed by atoms with Crippen LogP contribution in [0.25, 0.3) is 0 Å². The average Bonchev–Trinajstić information content (AvgIpc) is 2.82. The molecular formula is C12H24N2O. The summed E-state index contributed by atoms with van der Waals surface area (Å²) in [7, 11) is 2.08. The minimum atomic E-state index is 0.713. The summed E-state index contributed by atoms with van der Waals surface area (Å²) in [6, 6.07) is 1.46. The van der Waals surface area contributed by atoms with E-state index >= 15 is 0 Å². The SMILES string of the molecule is CNC1CCN(C(C)C2CCOC2)CC1. The maximum Gasteiger partial charge on any atom is 0.0509 e. The summed E-state index contributed by atoms with van der Waals surface area (Å²) in [5.41, 5.74) is 0. The fourth-order valence-corrected chi connectivity index (χ4v) is 2.83. The van der Waals surface area contributed by atoms with Crippen LogP contribution < -0.4 is 5.32 Å². The zero-order chi connectivity index (χ0) is 10.7. The lowest BCUT2D eigenvalue weighted by Crippen LogP contribution is -2.47. The number of nitrogens with one attached hydrogen (secondary N) is 1. The van der Waals surface area contributed by atoms with Gasteiger partial charge >= 0.3 is 0 Å². The van der Waals surface area contributed by atoms with Gasteiger partial charge in [0.15, 0.2) is 0 Å². The Morgan fingerprint density at radius 2 is 2.00 bits per heavy atom. The molecule has 3 nitrogen and oxygen atoms in total. The van der Waals surface area contributed by atoms with Crippen LogP contribution in [-0.2, 0) is 4.74 Å². The van der Waals surface area contributed by atoms with Gasteiger partial charge in [-0.05, 0) is 52.2 Å². The van der Waals surface area contributed by atoms with Gasteiger partial charge in [-0.1, -0.05) is 0 Å². The molecule has 0 spiro atoms. The highest BCUT2D eigenvalue weighted by molar-refractivity contribution is 4.83. The van der Waals surface area contributed by atoms with Crippen LogP contribution in [0.2, 0.25) is 0 Å². The molecule has 88 valence electrons. The van der Waals surface area contributed by atoms with Crippen LogP contribution in [0.15, 0.2) is 0 Å². The van der Waals surface area contributed by atoms with Crippen LogP contribution in [0.5, 0.6) is 0 Å². The van der Waals surface area contributed by atoms with Gasteiger partial charge in [0, 0.05) is 18.7 Å². The number of piperidine rings is 1. The Bertz CT molecular complexity index is 184. The van der Waals surface area contributed by atoms with Gasteiger partial charge in [0.05, 0.1) is 6.61 Å². The van der Waals surface area contributed by atoms with E-state index in [2.05, 4.69) is 24.2 Å². The first-order chi connectivity index (χ1) is 7.31. The smallest absolute Gasteiger partial charge is 0.0509 e. The van der Waals surface area contributed by atoms with Crippen molar-refractivity contribution in [1.82, 2.24) is 10.2 Å². The van der Waals surface area contributed by atoms with Gasteiger partial charge in [0.1, 0.15) is 0 Å². The molecule has 3 heteroatoms. The van der Waals surface area contributed by atoms with Crippen molar-refractivity contribution in [2.75, 3.05) is 33.4 Å². The summed E-state index contributed by atoms with van der Waals surface area (Å²) in [6.45, 7) is 6.83. The van der Waals surface area contributed by atoms with E-state index in [0.717, 1.165) is 25.2 Å². The molecular weight excluding hydrogens is 188 g/mol. The van der Waals surface area contributed by atoms with E-state index in [0.29, 0.717) is 6.04 Å². The fourth-order valence-electron chi connectivity index (χ4n) is 2.83. The van der Waals surface area contributed by atoms with E-state index in [1.165, 1.54) is 32.4 Å². The quantitative estimate of drug-likeness (QED) is 0.758. The van der Waals surface area contributed by atoms with Crippen molar-refractivity contribution in [3.05, 3.63) is 0 Å². The lowest BCUT2D eigenvalue weighted by atomic mass is 9.95. The van der Waals surface area contributed by atoms with E-state index < -0.39 is 0 Å². The largest absolute Gasteiger partial charge is 0.381 e. The van der Waals surface area contributed by atoms with Crippen molar-refractivity contribution >= 4 is 0 Å². The molecule has 0 aromatic carbocycles. The van der Waals surface area contributed by atoms with Crippen molar-refractivity contribution < 1.29 is 4.74 Å². The Kier molecular flexibility index (Phi) is 4.00. The summed E-state index contributed by atoms with van der Waals surface area (Å²) < 4.78 is 5.47. The second kappa shape index (κ2) is 5.28. The molecule has 1 N–H and O–H groups in total. The number of likely N-dealkylation sites (tertiary alicyclic amines) is 1. The number of hydrogen-bond acceptors (Lipinski definition) is 3. The van der Waals surface area contributed by atoms with E-state index in [4.69, 9.17) is 4.74 Å². The van der Waals surface area contributed by atoms with Gasteiger partial charge in [0.25, 0.3) is 0 Å². The normalized spacial score (nSPS) is 32.0. The highest BCUT2D eigenvalue weighted by Gasteiger charge is 2.29. The zero-order valence-corrected chi connectivity index (χ0v) is 10.0. The molecule has 15 heavy (non-hydrogen) atoms. The zero-order valence-electron chi connectivity index (χ0n) is 10.0. The summed E-state index contributed by atoms with van der Waals surface area (Å²) in [4.78, 5) is 2.65. The van der Waals surface area contributed by atoms with Crippen LogP contribution in [0, 0.1) is 5.92 Å². The summed E-state index contributed by atoms with van der Waals surface area (Å²) >= 11 is 0. The monoisotopic (exact) mass is 212 g/mol. The van der Waals surface area contributed by atoms with Crippen LogP contribution in [0.1, 0.15) is 26.2 Å². The van der Waals surface area contributed by atoms with Crippen molar-refractivity contribution in [3.63, 3.8) is 0 Å². The van der Waals surface area contributed by atoms with Gasteiger partial charge in [-0.25, -0.2) is 0 Å². The third-order valence-corrected chi connectivity index (χ3v) is 4.16. The maximum absolute atomic E-state index is 5.47. The van der Waals surface area contributed by atoms with Gasteiger partial charge in [-0.15, -0.1) is 0 Å². The molecule has 2 fully saturated rings. The van der Waals surface area contributed by atoms with Crippen molar-refractivity contribution in [1.29, 1.82) is 0 Å². The number of nitrogens with zero attached hydrogens (tertiary/aromatic N) is 1. The number of hydrogen-bond donors (Lipinski definition) is 1. The minimum Gasteiger partial charge on any atom is -0.381 e. The molecule has 0 aliphatic carbocycles. The van der Waals surface area contributed by atoms with Crippen LogP contribution in [0.3, 0.4) is 0 Å². The maximum atomic E-state index is 5.47. The molecule has 2 unspecified atom stereocenters. The first kappa shape index (κ1) is 11.4. The molecule has 2 saturated heterocycles. The summed E-state index contributed by atoms with van der Waals surface area (Å²) in [5, 5.41) is 3.38. The predicted octanol–water partition coefficient (Wildman–Crippen LogP) is 1.10. The highest BCUT2D eigenvalue weighted by Crippen LogP contribution is 2.23. The number of ether oxygens (including phenoxy) is 1. The lowest BCUT2D eigenvalue weighted by molar-refractivity contribution is 0.102. The molecule has 0 amide bonds. The van der Waals surface area contributed by atoms with Crippen LogP contribution >= 0.6 is 0 Å². The molecule has 2 atom stereocenters. The van der Waals surface area contributed by atoms with E-state index in [-0.39, 0.29) is 0 Å². The summed E-state index contributed by atoms with van der Waals surface area (Å²) in [6.07, 6.45) is 3.86. The Labute approximate surface area is 93.2 Å². The third kappa shape index (κ3) is 2.71. The van der Waals surface area contributed by atoms with Crippen molar-refractivity contribution in [2.45, 2.75) is 38.3 Å². The fraction of sp³-hybridized carbons (Fsp3) is 1.00. The molecule has 2 aliphatic rings. The van der Waals surface area contributed by atoms with Gasteiger partial charge in [-0.2, -0.15) is 0 Å². The number of rotatable bonds is 3. The Balaban J connectivity index is 1.78. The Hall–Kier alpha value is -0.120. The molecule has 2 heterocycles. The second-order valence-corrected chi connectivity index (χ2v) is 4.96. The van der Waals surface area contributed by atoms with E-state index in [1.807, 2.05) is 0 Å². The first-order valence-corrected chi connectivity index (χ1v) is 6.30. The standard InChI is InChI=1S/C12H24N2O/c1-10(11-5-8-15-9-11)14-6-3-12(13-2)4-7-14/h10-13H,3-9H2,1-2H3. The Morgan fingerprint density at radius 3 is 2.53 bits per heavy atom. The third-order valence-electron chi connectivity index (χ3n) is 4.16. The van der Waals surface area contributed by atoms with E-state index in [1.54, 1.807) is 0 Å². The van der Waals surface area contributed by atoms with Crippen molar-refractivity contribution in [2.24, 2.45) is 5.92 Å². The topological polar surface area (TPSA) is 24.5 Å². The summed E-state index contributed by atoms with van der Waals surface area (Å²) in [5.74, 6) is 0.774. The highest BCUT2D eigenvalue weighted by atomic mass is 16.5. The minimum absolute atomic E-state index is 0.713. The molecule has 0 radical (unpaired) electrons. The predicted molar refractivity (Wildman–Crippen MR) is 62.0 cm³/mol. The molecule has 2 rings (SSSR count). The average molecular weight is 212 g/mol. The molecule has 0 aromatic rings. The van der Waals surface area contributed by atoms with Gasteiger partial charge in [0.2, 0.25) is 0 Å². The lowest BCUT2D eigenvalue weighted by Gasteiger charge is -2.38. The molecule has 0 saturated carbocycles. The van der Waals surface area contributed by atoms with Gasteiger partial charge < -0.3 is 15.0 Å².